The molecule has 84 valence electrons. The van der Waals surface area contributed by atoms with Gasteiger partial charge < -0.3 is 14.9 Å². The topological polar surface area (TPSA) is 62.6 Å². The van der Waals surface area contributed by atoms with Gasteiger partial charge in [-0.05, 0) is 13.0 Å². The highest BCUT2D eigenvalue weighted by molar-refractivity contribution is 7.80. The van der Waals surface area contributed by atoms with E-state index < -0.39 is 12.2 Å². The lowest BCUT2D eigenvalue weighted by atomic mass is 10.0. The lowest BCUT2D eigenvalue weighted by Gasteiger charge is -2.17. The van der Waals surface area contributed by atoms with E-state index in [4.69, 9.17) is 4.74 Å². The standard InChI is InChI=1S/C10H15NO3S/c1-6-7(10(13)8(12)5-15)3-4-9(11-6)14-2/h3-4,8,10,12-13,15H,5H2,1-2H3. The number of methoxy groups -OCH3 is 1. The van der Waals surface area contributed by atoms with Crippen LogP contribution in [0.5, 0.6) is 5.88 Å². The van der Waals surface area contributed by atoms with Crippen molar-refractivity contribution in [2.24, 2.45) is 0 Å². The van der Waals surface area contributed by atoms with Crippen LogP contribution in [0.2, 0.25) is 0 Å². The monoisotopic (exact) mass is 229 g/mol. The van der Waals surface area contributed by atoms with Crippen molar-refractivity contribution >= 4 is 12.6 Å². The zero-order chi connectivity index (χ0) is 11.4. The minimum Gasteiger partial charge on any atom is -0.481 e. The van der Waals surface area contributed by atoms with Crippen LogP contribution in [-0.2, 0) is 0 Å². The molecule has 0 aliphatic heterocycles. The van der Waals surface area contributed by atoms with Gasteiger partial charge >= 0.3 is 0 Å². The van der Waals surface area contributed by atoms with Crippen molar-refractivity contribution in [2.75, 3.05) is 12.9 Å². The number of aliphatic hydroxyl groups is 2. The summed E-state index contributed by atoms with van der Waals surface area (Å²) in [6, 6.07) is 3.34. The van der Waals surface area contributed by atoms with E-state index in [1.165, 1.54) is 7.11 Å². The molecule has 15 heavy (non-hydrogen) atoms. The Labute approximate surface area is 94.3 Å². The summed E-state index contributed by atoms with van der Waals surface area (Å²) in [5.41, 5.74) is 1.24. The molecule has 0 saturated heterocycles. The Morgan fingerprint density at radius 1 is 1.47 bits per heavy atom. The van der Waals surface area contributed by atoms with E-state index in [0.717, 1.165) is 0 Å². The molecule has 1 aromatic heterocycles. The molecular weight excluding hydrogens is 214 g/mol. The van der Waals surface area contributed by atoms with Crippen molar-refractivity contribution in [3.8, 4) is 5.88 Å². The Kier molecular flexibility index (Phi) is 4.38. The van der Waals surface area contributed by atoms with Crippen LogP contribution in [0.15, 0.2) is 12.1 Å². The van der Waals surface area contributed by atoms with Crippen molar-refractivity contribution < 1.29 is 14.9 Å². The molecule has 2 atom stereocenters. The molecule has 2 unspecified atom stereocenters. The molecule has 5 heteroatoms. The minimum atomic E-state index is -0.957. The van der Waals surface area contributed by atoms with Crippen molar-refractivity contribution in [1.29, 1.82) is 0 Å². The van der Waals surface area contributed by atoms with Crippen molar-refractivity contribution in [3.05, 3.63) is 23.4 Å². The van der Waals surface area contributed by atoms with Gasteiger partial charge in [0.2, 0.25) is 5.88 Å². The number of nitrogens with zero attached hydrogens (tertiary/aromatic N) is 1. The summed E-state index contributed by atoms with van der Waals surface area (Å²) in [7, 11) is 1.53. The molecule has 2 N–H and O–H groups in total. The Balaban J connectivity index is 2.95. The molecule has 0 amide bonds. The lowest BCUT2D eigenvalue weighted by molar-refractivity contribution is 0.0330. The zero-order valence-corrected chi connectivity index (χ0v) is 9.61. The van der Waals surface area contributed by atoms with Crippen molar-refractivity contribution in [1.82, 2.24) is 4.98 Å². The highest BCUT2D eigenvalue weighted by atomic mass is 32.1. The van der Waals surface area contributed by atoms with Gasteiger partial charge in [-0.15, -0.1) is 0 Å². The van der Waals surface area contributed by atoms with Gasteiger partial charge in [0.1, 0.15) is 6.10 Å². The van der Waals surface area contributed by atoms with Crippen LogP contribution in [0.4, 0.5) is 0 Å². The Hall–Kier alpha value is -0.780. The summed E-state index contributed by atoms with van der Waals surface area (Å²) in [6.07, 6.45) is -1.84. The molecule has 0 aliphatic rings. The second-order valence-electron chi connectivity index (χ2n) is 3.22. The van der Waals surface area contributed by atoms with E-state index in [1.807, 2.05) is 0 Å². The third-order valence-corrected chi connectivity index (χ3v) is 2.55. The maximum absolute atomic E-state index is 9.75. The summed E-state index contributed by atoms with van der Waals surface area (Å²) in [5.74, 6) is 0.691. The molecule has 0 aromatic carbocycles. The number of hydrogen-bond donors (Lipinski definition) is 3. The Morgan fingerprint density at radius 3 is 2.60 bits per heavy atom. The van der Waals surface area contributed by atoms with E-state index >= 15 is 0 Å². The van der Waals surface area contributed by atoms with Gasteiger partial charge in [0.05, 0.1) is 13.2 Å². The van der Waals surface area contributed by atoms with E-state index in [-0.39, 0.29) is 5.75 Å². The minimum absolute atomic E-state index is 0.201. The highest BCUT2D eigenvalue weighted by Crippen LogP contribution is 2.22. The normalized spacial score (nSPS) is 14.7. The van der Waals surface area contributed by atoms with Crippen molar-refractivity contribution in [2.45, 2.75) is 19.1 Å². The molecule has 1 rings (SSSR count). The molecule has 4 nitrogen and oxygen atoms in total. The van der Waals surface area contributed by atoms with Crippen LogP contribution >= 0.6 is 12.6 Å². The number of aryl methyl sites for hydroxylation is 1. The summed E-state index contributed by atoms with van der Waals surface area (Å²) in [4.78, 5) is 4.11. The van der Waals surface area contributed by atoms with Crippen LogP contribution in [0.3, 0.4) is 0 Å². The smallest absolute Gasteiger partial charge is 0.213 e. The molecule has 1 heterocycles. The summed E-state index contributed by atoms with van der Waals surface area (Å²) < 4.78 is 4.95. The quantitative estimate of drug-likeness (QED) is 0.666. The summed E-state index contributed by atoms with van der Waals surface area (Å²) in [6.45, 7) is 1.76. The average molecular weight is 229 g/mol. The molecule has 1 aromatic rings. The first-order chi connectivity index (χ1) is 7.10. The average Bonchev–Trinajstić information content (AvgIpc) is 2.26. The molecule has 0 spiro atoms. The van der Waals surface area contributed by atoms with Crippen LogP contribution in [0.25, 0.3) is 0 Å². The van der Waals surface area contributed by atoms with Crippen LogP contribution in [0, 0.1) is 6.92 Å². The molecular formula is C10H15NO3S. The molecule has 0 fully saturated rings. The van der Waals surface area contributed by atoms with Gasteiger partial charge in [-0.3, -0.25) is 0 Å². The predicted octanol–water partition coefficient (Wildman–Crippen LogP) is 0.723. The van der Waals surface area contributed by atoms with Gasteiger partial charge in [-0.2, -0.15) is 12.6 Å². The first-order valence-electron chi connectivity index (χ1n) is 4.58. The summed E-state index contributed by atoms with van der Waals surface area (Å²) in [5, 5.41) is 19.2. The van der Waals surface area contributed by atoms with E-state index in [2.05, 4.69) is 17.6 Å². The fourth-order valence-corrected chi connectivity index (χ4v) is 1.48. The van der Waals surface area contributed by atoms with E-state index in [9.17, 15) is 10.2 Å². The third kappa shape index (κ3) is 2.84. The maximum atomic E-state index is 9.75. The molecule has 0 aliphatic carbocycles. The largest absolute Gasteiger partial charge is 0.481 e. The van der Waals surface area contributed by atoms with Gasteiger partial charge in [0.15, 0.2) is 0 Å². The zero-order valence-electron chi connectivity index (χ0n) is 8.71. The Morgan fingerprint density at radius 2 is 2.13 bits per heavy atom. The van der Waals surface area contributed by atoms with Crippen LogP contribution in [0.1, 0.15) is 17.4 Å². The number of thiol groups is 1. The molecule has 0 bridgehead atoms. The van der Waals surface area contributed by atoms with E-state index in [0.29, 0.717) is 17.1 Å². The first-order valence-corrected chi connectivity index (χ1v) is 5.22. The SMILES string of the molecule is COc1ccc(C(O)C(O)CS)c(C)n1. The summed E-state index contributed by atoms with van der Waals surface area (Å²) >= 11 is 3.92. The third-order valence-electron chi connectivity index (χ3n) is 2.18. The lowest BCUT2D eigenvalue weighted by Crippen LogP contribution is -2.20. The van der Waals surface area contributed by atoms with Crippen LogP contribution in [-0.4, -0.2) is 34.2 Å². The number of rotatable bonds is 4. The maximum Gasteiger partial charge on any atom is 0.213 e. The number of pyridine rings is 1. The second kappa shape index (κ2) is 5.34. The Bertz CT molecular complexity index is 332. The first kappa shape index (κ1) is 12.3. The number of aliphatic hydroxyl groups excluding tert-OH is 2. The number of hydrogen-bond acceptors (Lipinski definition) is 5. The molecule has 0 radical (unpaired) electrons. The van der Waals surface area contributed by atoms with Crippen LogP contribution < -0.4 is 4.74 Å². The number of ether oxygens (including phenoxy) is 1. The van der Waals surface area contributed by atoms with Gasteiger partial charge in [0.25, 0.3) is 0 Å². The van der Waals surface area contributed by atoms with Gasteiger partial charge in [-0.1, -0.05) is 0 Å². The second-order valence-corrected chi connectivity index (χ2v) is 3.59. The fourth-order valence-electron chi connectivity index (χ4n) is 1.28. The van der Waals surface area contributed by atoms with E-state index in [1.54, 1.807) is 19.1 Å². The van der Waals surface area contributed by atoms with Crippen molar-refractivity contribution in [3.63, 3.8) is 0 Å². The molecule has 0 saturated carbocycles. The fraction of sp³-hybridized carbons (Fsp3) is 0.500. The highest BCUT2D eigenvalue weighted by Gasteiger charge is 2.19. The predicted molar refractivity (Wildman–Crippen MR) is 60.3 cm³/mol. The van der Waals surface area contributed by atoms with Gasteiger partial charge in [0, 0.05) is 23.1 Å². The number of aromatic nitrogens is 1. The van der Waals surface area contributed by atoms with Gasteiger partial charge in [-0.25, -0.2) is 4.98 Å².